The van der Waals surface area contributed by atoms with Gasteiger partial charge >= 0.3 is 7.60 Å². The van der Waals surface area contributed by atoms with Crippen LogP contribution in [-0.2, 0) is 34.0 Å². The van der Waals surface area contributed by atoms with Gasteiger partial charge in [0.15, 0.2) is 12.6 Å². The molecule has 0 bridgehead atoms. The zero-order chi connectivity index (χ0) is 34.3. The van der Waals surface area contributed by atoms with E-state index < -0.39 is 82.2 Å². The van der Waals surface area contributed by atoms with Gasteiger partial charge in [-0.3, -0.25) is 4.57 Å². The van der Waals surface area contributed by atoms with Crippen LogP contribution in [0.25, 0.3) is 20.8 Å². The van der Waals surface area contributed by atoms with Gasteiger partial charge in [-0.15, -0.1) is 11.3 Å². The van der Waals surface area contributed by atoms with Crippen molar-refractivity contribution in [2.24, 2.45) is 0 Å². The number of benzene rings is 2. The molecule has 15 nitrogen and oxygen atoms in total. The lowest BCUT2D eigenvalue weighted by atomic mass is 9.97. The first kappa shape index (κ1) is 37.9. The molecule has 3 aromatic rings. The highest BCUT2D eigenvalue weighted by Gasteiger charge is 2.50. The lowest BCUT2D eigenvalue weighted by Crippen LogP contribution is -2.64. The molecule has 0 spiro atoms. The molecular formula is C30H42NO14PS. The highest BCUT2D eigenvalue weighted by Crippen LogP contribution is 2.51. The van der Waals surface area contributed by atoms with Crippen molar-refractivity contribution in [2.75, 3.05) is 26.4 Å². The first-order chi connectivity index (χ1) is 22.4. The third kappa shape index (κ3) is 9.19. The molecule has 262 valence electrons. The summed E-state index contributed by atoms with van der Waals surface area (Å²) in [6.45, 7) is 3.05. The number of aromatic nitrogens is 1. The molecule has 2 aliphatic rings. The van der Waals surface area contributed by atoms with Crippen LogP contribution in [-0.4, -0.2) is 134 Å². The van der Waals surface area contributed by atoms with Gasteiger partial charge in [0.2, 0.25) is 0 Å². The Balaban J connectivity index is 0.000000213. The minimum Gasteiger partial charge on any atom is -0.394 e. The fourth-order valence-corrected chi connectivity index (χ4v) is 7.74. The van der Waals surface area contributed by atoms with Gasteiger partial charge in [-0.1, -0.05) is 36.4 Å². The predicted octanol–water partition coefficient (Wildman–Crippen LogP) is 0.332. The van der Waals surface area contributed by atoms with Crippen molar-refractivity contribution in [3.8, 4) is 10.6 Å². The van der Waals surface area contributed by atoms with Crippen LogP contribution < -0.4 is 0 Å². The Labute approximate surface area is 275 Å². The van der Waals surface area contributed by atoms with Crippen LogP contribution in [0.3, 0.4) is 0 Å². The Kier molecular flexibility index (Phi) is 13.8. The Morgan fingerprint density at radius 2 is 1.43 bits per heavy atom. The first-order valence-corrected chi connectivity index (χ1v) is 17.6. The van der Waals surface area contributed by atoms with E-state index in [-0.39, 0.29) is 6.16 Å². The fraction of sp³-hybridized carbons (Fsp3) is 0.567. The van der Waals surface area contributed by atoms with Gasteiger partial charge in [-0.05, 0) is 31.5 Å². The van der Waals surface area contributed by atoms with Crippen LogP contribution in [0.2, 0.25) is 0 Å². The van der Waals surface area contributed by atoms with Crippen LogP contribution in [0.5, 0.6) is 0 Å². The maximum Gasteiger partial charge on any atom is 0.335 e. The molecule has 8 N–H and O–H groups in total. The third-order valence-corrected chi connectivity index (χ3v) is 10.6. The number of hydrogen-bond donors (Lipinski definition) is 8. The molecule has 2 saturated heterocycles. The Hall–Kier alpha value is -1.96. The highest BCUT2D eigenvalue weighted by atomic mass is 32.1. The van der Waals surface area contributed by atoms with Gasteiger partial charge in [0.1, 0.15) is 53.8 Å². The van der Waals surface area contributed by atoms with Crippen LogP contribution in [0.1, 0.15) is 19.4 Å². The van der Waals surface area contributed by atoms with Crippen molar-refractivity contribution < 1.29 is 68.7 Å². The van der Waals surface area contributed by atoms with Gasteiger partial charge in [0, 0.05) is 5.56 Å². The molecule has 10 atom stereocenters. The van der Waals surface area contributed by atoms with Gasteiger partial charge in [0.05, 0.1) is 42.8 Å². The summed E-state index contributed by atoms with van der Waals surface area (Å²) in [6, 6.07) is 16.1. The van der Waals surface area contributed by atoms with Crippen LogP contribution in [0.4, 0.5) is 0 Å². The van der Waals surface area contributed by atoms with Gasteiger partial charge in [0.25, 0.3) is 0 Å². The maximum absolute atomic E-state index is 12.6. The van der Waals surface area contributed by atoms with E-state index in [2.05, 4.69) is 11.1 Å². The largest absolute Gasteiger partial charge is 0.394 e. The number of thiazole rings is 1. The Morgan fingerprint density at radius 1 is 0.787 bits per heavy atom. The van der Waals surface area contributed by atoms with Gasteiger partial charge in [-0.2, -0.15) is 0 Å². The molecule has 0 aliphatic carbocycles. The fourth-order valence-electron chi connectivity index (χ4n) is 5.06. The highest BCUT2D eigenvalue weighted by molar-refractivity contribution is 7.53. The number of para-hydroxylation sites is 1. The second-order valence-electron chi connectivity index (χ2n) is 10.8. The lowest BCUT2D eigenvalue weighted by Gasteiger charge is -2.45. The number of aliphatic hydroxyl groups is 8. The molecule has 0 saturated carbocycles. The Morgan fingerprint density at radius 3 is 2.02 bits per heavy atom. The summed E-state index contributed by atoms with van der Waals surface area (Å²) in [7, 11) is -3.06. The van der Waals surface area contributed by atoms with Crippen molar-refractivity contribution in [3.63, 3.8) is 0 Å². The zero-order valence-electron chi connectivity index (χ0n) is 25.8. The molecule has 0 unspecified atom stereocenters. The smallest absolute Gasteiger partial charge is 0.335 e. The third-order valence-electron chi connectivity index (χ3n) is 7.50. The van der Waals surface area contributed by atoms with Crippen molar-refractivity contribution in [1.29, 1.82) is 0 Å². The minimum atomic E-state index is -3.06. The van der Waals surface area contributed by atoms with Crippen molar-refractivity contribution in [1.82, 2.24) is 4.98 Å². The van der Waals surface area contributed by atoms with Crippen molar-refractivity contribution >= 4 is 29.1 Å². The van der Waals surface area contributed by atoms with Gasteiger partial charge in [-0.25, -0.2) is 4.98 Å². The van der Waals surface area contributed by atoms with Crippen molar-refractivity contribution in [2.45, 2.75) is 81.4 Å². The number of aliphatic hydroxyl groups excluding tert-OH is 8. The van der Waals surface area contributed by atoms with E-state index in [0.717, 1.165) is 21.7 Å². The molecule has 3 heterocycles. The van der Waals surface area contributed by atoms with Crippen LogP contribution in [0, 0.1) is 0 Å². The summed E-state index contributed by atoms with van der Waals surface area (Å²) < 4.78 is 39.7. The summed E-state index contributed by atoms with van der Waals surface area (Å²) in [5, 5.41) is 77.5. The summed E-state index contributed by atoms with van der Waals surface area (Å²) in [5.41, 5.74) is 3.01. The van der Waals surface area contributed by atoms with E-state index in [1.807, 2.05) is 56.3 Å². The molecule has 2 aromatic carbocycles. The van der Waals surface area contributed by atoms with Gasteiger partial charge < -0.3 is 64.1 Å². The second kappa shape index (κ2) is 17.1. The average Bonchev–Trinajstić information content (AvgIpc) is 3.50. The summed E-state index contributed by atoms with van der Waals surface area (Å²) in [6.07, 6.45) is -15.3. The normalized spacial score (nSPS) is 31.4. The maximum atomic E-state index is 12.6. The van der Waals surface area contributed by atoms with Crippen LogP contribution >= 0.6 is 18.9 Å². The molecular weight excluding hydrogens is 661 g/mol. The minimum absolute atomic E-state index is 0.287. The number of rotatable bonds is 11. The SMILES string of the molecule is CCOP(=O)(Cc1ccc(-c2nc3ccccc3s2)cc1)OCC.OC[C@H]1O[C@@H](O[C@H]2[C@H](O)[C@@H](O)[C@H](O)O[C@@H]2CO)[C@H](O)[C@@H](O)[C@H]1O. The summed E-state index contributed by atoms with van der Waals surface area (Å²) in [5.74, 6) is 0. The molecule has 5 rings (SSSR count). The molecule has 1 aromatic heterocycles. The van der Waals surface area contributed by atoms with E-state index in [1.54, 1.807) is 11.3 Å². The Bertz CT molecular complexity index is 1400. The topological polar surface area (TPSA) is 238 Å². The first-order valence-electron chi connectivity index (χ1n) is 15.0. The molecule has 0 radical (unpaired) electrons. The predicted molar refractivity (Wildman–Crippen MR) is 168 cm³/mol. The number of nitrogens with zero attached hydrogens (tertiary/aromatic N) is 1. The average molecular weight is 704 g/mol. The number of hydrogen-bond acceptors (Lipinski definition) is 16. The van der Waals surface area contributed by atoms with Crippen LogP contribution in [0.15, 0.2) is 48.5 Å². The van der Waals surface area contributed by atoms with E-state index in [4.69, 9.17) is 28.4 Å². The number of fused-ring (bicyclic) bond motifs is 1. The molecule has 0 amide bonds. The second-order valence-corrected chi connectivity index (χ2v) is 13.9. The standard InChI is InChI=1S/C18H20NO3PS.C12H22O11/c1-3-21-23(20,22-4-2)13-14-9-11-15(12-10-14)18-19-16-7-5-6-8-17(16)24-18;13-1-3-5(15)6(16)9(19)12(22-3)23-10-4(2-14)21-11(20)8(18)7(10)17/h5-12H,3-4,13H2,1-2H3;3-20H,1-2H2/t;3-,4-,5+,6+,7-,8-,9-,10-,11-,12+/m.1/s1. The van der Waals surface area contributed by atoms with E-state index in [0.29, 0.717) is 13.2 Å². The molecule has 47 heavy (non-hydrogen) atoms. The monoisotopic (exact) mass is 703 g/mol. The zero-order valence-corrected chi connectivity index (χ0v) is 27.5. The van der Waals surface area contributed by atoms with E-state index >= 15 is 0 Å². The number of ether oxygens (including phenoxy) is 3. The van der Waals surface area contributed by atoms with E-state index in [1.165, 1.54) is 4.70 Å². The molecule has 17 heteroatoms. The molecule has 2 aliphatic heterocycles. The summed E-state index contributed by atoms with van der Waals surface area (Å²) >= 11 is 1.67. The van der Waals surface area contributed by atoms with E-state index in [9.17, 15) is 40.3 Å². The lowest BCUT2D eigenvalue weighted by molar-refractivity contribution is -0.355. The van der Waals surface area contributed by atoms with Crippen molar-refractivity contribution in [3.05, 3.63) is 54.1 Å². The summed E-state index contributed by atoms with van der Waals surface area (Å²) in [4.78, 5) is 4.66. The molecule has 2 fully saturated rings. The quantitative estimate of drug-likeness (QED) is 0.126.